The summed E-state index contributed by atoms with van der Waals surface area (Å²) in [6, 6.07) is 19.1. The van der Waals surface area contributed by atoms with Crippen LogP contribution >= 0.6 is 0 Å². The second-order valence-electron chi connectivity index (χ2n) is 8.36. The van der Waals surface area contributed by atoms with Crippen molar-refractivity contribution >= 4 is 6.08 Å². The second kappa shape index (κ2) is 11.3. The van der Waals surface area contributed by atoms with Crippen molar-refractivity contribution in [1.29, 1.82) is 0 Å². The van der Waals surface area contributed by atoms with E-state index >= 15 is 0 Å². The van der Waals surface area contributed by atoms with Crippen molar-refractivity contribution in [3.05, 3.63) is 101 Å². The number of ether oxygens (including phenoxy) is 2. The molecule has 1 saturated heterocycles. The first-order valence-electron chi connectivity index (χ1n) is 11.4. The van der Waals surface area contributed by atoms with Crippen LogP contribution in [0.2, 0.25) is 0 Å². The number of hydrogen-bond donors (Lipinski definition) is 0. The van der Waals surface area contributed by atoms with E-state index in [4.69, 9.17) is 9.47 Å². The Hall–Kier alpha value is -3.22. The average molecular weight is 465 g/mol. The van der Waals surface area contributed by atoms with Crippen molar-refractivity contribution in [2.45, 2.75) is 6.04 Å². The highest BCUT2D eigenvalue weighted by Crippen LogP contribution is 2.30. The minimum absolute atomic E-state index is 0.0364. The summed E-state index contributed by atoms with van der Waals surface area (Å²) < 4.78 is 37.7. The van der Waals surface area contributed by atoms with Crippen LogP contribution in [0.25, 0.3) is 6.08 Å². The van der Waals surface area contributed by atoms with Crippen molar-refractivity contribution in [2.24, 2.45) is 0 Å². The highest BCUT2D eigenvalue weighted by Gasteiger charge is 2.26. The quantitative estimate of drug-likeness (QED) is 0.446. The maximum Gasteiger partial charge on any atom is 0.161 e. The lowest BCUT2D eigenvalue weighted by Gasteiger charge is -2.39. The first kappa shape index (κ1) is 23.9. The molecular formula is C28H30F2N2O2. The van der Waals surface area contributed by atoms with Crippen LogP contribution in [0.15, 0.2) is 72.8 Å². The number of hydrogen-bond acceptors (Lipinski definition) is 4. The molecule has 1 aliphatic heterocycles. The fraction of sp³-hybridized carbons (Fsp3) is 0.286. The molecular weight excluding hydrogens is 434 g/mol. The molecule has 0 atom stereocenters. The Morgan fingerprint density at radius 1 is 0.765 bits per heavy atom. The topological polar surface area (TPSA) is 24.9 Å². The highest BCUT2D eigenvalue weighted by atomic mass is 19.1. The third-order valence-corrected chi connectivity index (χ3v) is 6.23. The summed E-state index contributed by atoms with van der Waals surface area (Å²) in [4.78, 5) is 4.79. The molecule has 0 N–H and O–H groups in total. The van der Waals surface area contributed by atoms with Gasteiger partial charge in [-0.2, -0.15) is 0 Å². The summed E-state index contributed by atoms with van der Waals surface area (Å²) in [7, 11) is 3.26. The summed E-state index contributed by atoms with van der Waals surface area (Å²) in [5.41, 5.74) is 3.08. The van der Waals surface area contributed by atoms with Crippen LogP contribution in [0.3, 0.4) is 0 Å². The Bertz CT molecular complexity index is 1050. The van der Waals surface area contributed by atoms with E-state index in [-0.39, 0.29) is 17.7 Å². The van der Waals surface area contributed by atoms with Gasteiger partial charge in [0.25, 0.3) is 0 Å². The molecule has 0 saturated carbocycles. The zero-order chi connectivity index (χ0) is 23.9. The van der Waals surface area contributed by atoms with Crippen LogP contribution in [0, 0.1) is 11.6 Å². The summed E-state index contributed by atoms with van der Waals surface area (Å²) >= 11 is 0. The molecule has 1 fully saturated rings. The third kappa shape index (κ3) is 5.82. The molecule has 0 unspecified atom stereocenters. The van der Waals surface area contributed by atoms with Crippen LogP contribution < -0.4 is 9.47 Å². The third-order valence-electron chi connectivity index (χ3n) is 6.23. The second-order valence-corrected chi connectivity index (χ2v) is 8.36. The number of rotatable bonds is 8. The first-order valence-corrected chi connectivity index (χ1v) is 11.4. The van der Waals surface area contributed by atoms with E-state index in [1.165, 1.54) is 24.3 Å². The van der Waals surface area contributed by atoms with E-state index in [1.54, 1.807) is 14.2 Å². The minimum Gasteiger partial charge on any atom is -0.493 e. The van der Waals surface area contributed by atoms with E-state index < -0.39 is 0 Å². The molecule has 0 amide bonds. The molecule has 3 aromatic rings. The smallest absolute Gasteiger partial charge is 0.161 e. The predicted molar refractivity (Wildman–Crippen MR) is 131 cm³/mol. The van der Waals surface area contributed by atoms with Crippen molar-refractivity contribution in [3.8, 4) is 11.5 Å². The molecule has 1 heterocycles. The maximum atomic E-state index is 13.5. The SMILES string of the molecule is COc1ccc(/C=C/CN2CCN(C(c3ccc(F)cc3)c3ccc(F)cc3)CC2)cc1OC. The van der Waals surface area contributed by atoms with E-state index in [1.807, 2.05) is 42.5 Å². The number of piperazine rings is 1. The Labute approximate surface area is 200 Å². The molecule has 0 radical (unpaired) electrons. The van der Waals surface area contributed by atoms with Crippen LogP contribution in [0.4, 0.5) is 8.78 Å². The molecule has 34 heavy (non-hydrogen) atoms. The molecule has 1 aliphatic rings. The molecule has 4 rings (SSSR count). The zero-order valence-corrected chi connectivity index (χ0v) is 19.6. The fourth-order valence-electron chi connectivity index (χ4n) is 4.40. The van der Waals surface area contributed by atoms with Gasteiger partial charge in [0.1, 0.15) is 11.6 Å². The highest BCUT2D eigenvalue weighted by molar-refractivity contribution is 5.56. The summed E-state index contributed by atoms with van der Waals surface area (Å²) in [6.45, 7) is 4.40. The normalized spacial score (nSPS) is 15.2. The van der Waals surface area contributed by atoms with Gasteiger partial charge in [0.15, 0.2) is 11.5 Å². The lowest BCUT2D eigenvalue weighted by molar-refractivity contribution is 0.118. The monoisotopic (exact) mass is 464 g/mol. The Kier molecular flexibility index (Phi) is 7.93. The van der Waals surface area contributed by atoms with Gasteiger partial charge in [-0.3, -0.25) is 9.80 Å². The maximum absolute atomic E-state index is 13.5. The van der Waals surface area contributed by atoms with Gasteiger partial charge < -0.3 is 9.47 Å². The molecule has 6 heteroatoms. The zero-order valence-electron chi connectivity index (χ0n) is 19.6. The average Bonchev–Trinajstić information content (AvgIpc) is 2.87. The van der Waals surface area contributed by atoms with Gasteiger partial charge in [0, 0.05) is 32.7 Å². The Morgan fingerprint density at radius 3 is 1.85 bits per heavy atom. The van der Waals surface area contributed by atoms with E-state index in [0.29, 0.717) is 11.5 Å². The van der Waals surface area contributed by atoms with Gasteiger partial charge in [-0.15, -0.1) is 0 Å². The minimum atomic E-state index is -0.257. The standard InChI is InChI=1S/C28H30F2N2O2/c1-33-26-14-5-21(20-27(26)34-2)4-3-15-31-16-18-32(19-17-31)28(22-6-10-24(29)11-7-22)23-8-12-25(30)13-9-23/h3-14,20,28H,15-19H2,1-2H3/b4-3+. The lowest BCUT2D eigenvalue weighted by Crippen LogP contribution is -2.47. The van der Waals surface area contributed by atoms with Crippen molar-refractivity contribution in [1.82, 2.24) is 9.80 Å². The predicted octanol–water partition coefficient (Wildman–Crippen LogP) is 5.40. The van der Waals surface area contributed by atoms with Crippen molar-refractivity contribution in [3.63, 3.8) is 0 Å². The van der Waals surface area contributed by atoms with E-state index in [9.17, 15) is 8.78 Å². The lowest BCUT2D eigenvalue weighted by atomic mass is 9.96. The molecule has 0 bridgehead atoms. The Balaban J connectivity index is 1.40. The van der Waals surface area contributed by atoms with Crippen LogP contribution in [0.5, 0.6) is 11.5 Å². The molecule has 178 valence electrons. The van der Waals surface area contributed by atoms with Gasteiger partial charge in [-0.25, -0.2) is 8.78 Å². The van der Waals surface area contributed by atoms with E-state index in [2.05, 4.69) is 22.0 Å². The number of methoxy groups -OCH3 is 2. The summed E-state index contributed by atoms with van der Waals surface area (Å²) in [5, 5.41) is 0. The van der Waals surface area contributed by atoms with Gasteiger partial charge in [0.05, 0.1) is 20.3 Å². The number of nitrogens with zero attached hydrogens (tertiary/aromatic N) is 2. The molecule has 3 aromatic carbocycles. The van der Waals surface area contributed by atoms with Gasteiger partial charge >= 0.3 is 0 Å². The first-order chi connectivity index (χ1) is 16.6. The van der Waals surface area contributed by atoms with Crippen LogP contribution in [-0.4, -0.2) is 56.7 Å². The molecule has 0 aliphatic carbocycles. The summed E-state index contributed by atoms with van der Waals surface area (Å²) in [6.07, 6.45) is 4.25. The molecule has 0 spiro atoms. The molecule has 4 nitrogen and oxygen atoms in total. The van der Waals surface area contributed by atoms with Gasteiger partial charge in [-0.05, 0) is 53.1 Å². The largest absolute Gasteiger partial charge is 0.493 e. The van der Waals surface area contributed by atoms with E-state index in [0.717, 1.165) is 49.4 Å². The van der Waals surface area contributed by atoms with Crippen molar-refractivity contribution < 1.29 is 18.3 Å². The molecule has 0 aromatic heterocycles. The van der Waals surface area contributed by atoms with Crippen molar-refractivity contribution in [2.75, 3.05) is 46.9 Å². The number of benzene rings is 3. The van der Waals surface area contributed by atoms with Crippen LogP contribution in [0.1, 0.15) is 22.7 Å². The number of halogens is 2. The van der Waals surface area contributed by atoms with Gasteiger partial charge in [0.2, 0.25) is 0 Å². The van der Waals surface area contributed by atoms with Gasteiger partial charge in [-0.1, -0.05) is 42.5 Å². The van der Waals surface area contributed by atoms with Crippen LogP contribution in [-0.2, 0) is 0 Å². The summed E-state index contributed by atoms with van der Waals surface area (Å²) in [5.74, 6) is 0.916. The fourth-order valence-corrected chi connectivity index (χ4v) is 4.40. The Morgan fingerprint density at radius 2 is 1.32 bits per heavy atom.